The van der Waals surface area contributed by atoms with Crippen LogP contribution in [0.1, 0.15) is 0 Å². The number of hydrogen-bond donors (Lipinski definition) is 1. The smallest absolute Gasteiger partial charge is 0.335 e. The molecule has 0 amide bonds. The highest BCUT2D eigenvalue weighted by molar-refractivity contribution is 5.89. The molecule has 1 rings (SSSR count). The van der Waals surface area contributed by atoms with Crippen molar-refractivity contribution in [2.45, 2.75) is 12.2 Å². The molecule has 0 saturated carbocycles. The second-order valence-corrected chi connectivity index (χ2v) is 2.29. The van der Waals surface area contributed by atoms with Gasteiger partial charge in [0.15, 0.2) is 0 Å². The Morgan fingerprint density at radius 3 is 2.82 bits per heavy atom. The lowest BCUT2D eigenvalue weighted by Crippen LogP contribution is -2.11. The second kappa shape index (κ2) is 3.02. The van der Waals surface area contributed by atoms with Crippen LogP contribution in [0.2, 0.25) is 0 Å². The lowest BCUT2D eigenvalue weighted by molar-refractivity contribution is -0.136. The minimum atomic E-state index is -0.481. The zero-order valence-electron chi connectivity index (χ0n) is 6.24. The Labute approximate surface area is 64.4 Å². The Kier molecular flexibility index (Phi) is 2.26. The molecule has 4 nitrogen and oxygen atoms in total. The first-order valence-corrected chi connectivity index (χ1v) is 3.24. The van der Waals surface area contributed by atoms with Crippen molar-refractivity contribution < 1.29 is 19.4 Å². The summed E-state index contributed by atoms with van der Waals surface area (Å²) in [5.74, 6) is -0.481. The van der Waals surface area contributed by atoms with Gasteiger partial charge in [-0.1, -0.05) is 6.58 Å². The van der Waals surface area contributed by atoms with E-state index in [0.717, 1.165) is 0 Å². The van der Waals surface area contributed by atoms with Crippen LogP contribution in [0.25, 0.3) is 0 Å². The fourth-order valence-electron chi connectivity index (χ4n) is 0.835. The minimum absolute atomic E-state index is 0.0827. The summed E-state index contributed by atoms with van der Waals surface area (Å²) >= 11 is 0. The third kappa shape index (κ3) is 1.58. The van der Waals surface area contributed by atoms with Crippen LogP contribution in [0, 0.1) is 0 Å². The topological polar surface area (TPSA) is 59.1 Å². The first kappa shape index (κ1) is 8.23. The number of rotatable bonds is 3. The first-order valence-electron chi connectivity index (χ1n) is 3.24. The summed E-state index contributed by atoms with van der Waals surface area (Å²) in [6.45, 7) is 3.39. The molecule has 0 aliphatic carbocycles. The number of ether oxygens (including phenoxy) is 2. The van der Waals surface area contributed by atoms with E-state index in [9.17, 15) is 4.79 Å². The van der Waals surface area contributed by atoms with Gasteiger partial charge in [-0.05, 0) is 0 Å². The molecule has 0 aromatic carbocycles. The van der Waals surface area contributed by atoms with E-state index >= 15 is 0 Å². The van der Waals surface area contributed by atoms with Gasteiger partial charge in [0, 0.05) is 0 Å². The molecule has 11 heavy (non-hydrogen) atoms. The van der Waals surface area contributed by atoms with Crippen LogP contribution < -0.4 is 0 Å². The van der Waals surface area contributed by atoms with Crippen LogP contribution >= 0.6 is 0 Å². The van der Waals surface area contributed by atoms with Crippen molar-refractivity contribution in [2.75, 3.05) is 13.7 Å². The minimum Gasteiger partial charge on any atom is -0.466 e. The Morgan fingerprint density at radius 1 is 1.82 bits per heavy atom. The highest BCUT2D eigenvalue weighted by Gasteiger charge is 2.43. The number of hydrogen-bond acceptors (Lipinski definition) is 4. The van der Waals surface area contributed by atoms with Crippen molar-refractivity contribution in [1.29, 1.82) is 0 Å². The number of carbonyl (C=O) groups excluding carboxylic acids is 1. The third-order valence-electron chi connectivity index (χ3n) is 1.55. The molecule has 1 fully saturated rings. The Bertz CT molecular complexity index is 187. The van der Waals surface area contributed by atoms with Crippen LogP contribution in [0.15, 0.2) is 12.2 Å². The van der Waals surface area contributed by atoms with Crippen LogP contribution in [0.4, 0.5) is 0 Å². The molecule has 1 N–H and O–H groups in total. The maximum absolute atomic E-state index is 10.8. The molecule has 0 bridgehead atoms. The van der Waals surface area contributed by atoms with Crippen LogP contribution in [-0.4, -0.2) is 37.0 Å². The Morgan fingerprint density at radius 2 is 2.45 bits per heavy atom. The van der Waals surface area contributed by atoms with Gasteiger partial charge in [-0.3, -0.25) is 0 Å². The molecule has 2 unspecified atom stereocenters. The predicted molar refractivity (Wildman–Crippen MR) is 36.9 cm³/mol. The summed E-state index contributed by atoms with van der Waals surface area (Å²) in [6.07, 6.45) is -0.603. The van der Waals surface area contributed by atoms with Gasteiger partial charge in [0.1, 0.15) is 12.2 Å². The zero-order valence-corrected chi connectivity index (χ0v) is 6.24. The van der Waals surface area contributed by atoms with E-state index in [0.29, 0.717) is 0 Å². The van der Waals surface area contributed by atoms with Crippen molar-refractivity contribution in [3.63, 3.8) is 0 Å². The Hall–Kier alpha value is -0.870. The highest BCUT2D eigenvalue weighted by Crippen LogP contribution is 2.28. The van der Waals surface area contributed by atoms with Gasteiger partial charge in [0.25, 0.3) is 0 Å². The summed E-state index contributed by atoms with van der Waals surface area (Å²) in [5, 5.41) is 8.56. The number of aliphatic hydroxyl groups is 1. The van der Waals surface area contributed by atoms with Crippen molar-refractivity contribution in [3.8, 4) is 0 Å². The van der Waals surface area contributed by atoms with E-state index < -0.39 is 5.97 Å². The summed E-state index contributed by atoms with van der Waals surface area (Å²) in [6, 6.07) is 0. The fourth-order valence-corrected chi connectivity index (χ4v) is 0.835. The van der Waals surface area contributed by atoms with Gasteiger partial charge in [-0.25, -0.2) is 4.79 Å². The standard InChI is InChI=1S/C7H10O4/c1-4(7(9)10-2)6-5(3-8)11-6/h5-6,8H,1,3H2,2H3. The number of aliphatic hydroxyl groups excluding tert-OH is 1. The average molecular weight is 158 g/mol. The number of epoxide rings is 1. The van der Waals surface area contributed by atoms with Crippen LogP contribution in [0.5, 0.6) is 0 Å². The van der Waals surface area contributed by atoms with Gasteiger partial charge >= 0.3 is 5.97 Å². The van der Waals surface area contributed by atoms with Gasteiger partial charge in [-0.15, -0.1) is 0 Å². The summed E-state index contributed by atoms with van der Waals surface area (Å²) in [7, 11) is 1.28. The van der Waals surface area contributed by atoms with Crippen LogP contribution in [0.3, 0.4) is 0 Å². The third-order valence-corrected chi connectivity index (χ3v) is 1.55. The molecular weight excluding hydrogens is 148 g/mol. The van der Waals surface area contributed by atoms with E-state index in [1.54, 1.807) is 0 Å². The van der Waals surface area contributed by atoms with E-state index in [1.165, 1.54) is 7.11 Å². The monoisotopic (exact) mass is 158 g/mol. The largest absolute Gasteiger partial charge is 0.466 e. The number of methoxy groups -OCH3 is 1. The van der Waals surface area contributed by atoms with Crippen molar-refractivity contribution in [3.05, 3.63) is 12.2 Å². The molecule has 0 aromatic rings. The molecule has 1 aliphatic rings. The lowest BCUT2D eigenvalue weighted by atomic mass is 10.2. The molecule has 4 heteroatoms. The molecular formula is C7H10O4. The maximum Gasteiger partial charge on any atom is 0.335 e. The highest BCUT2D eigenvalue weighted by atomic mass is 16.6. The zero-order chi connectivity index (χ0) is 8.43. The lowest BCUT2D eigenvalue weighted by Gasteiger charge is -1.97. The Balaban J connectivity index is 2.39. The van der Waals surface area contributed by atoms with E-state index in [4.69, 9.17) is 9.84 Å². The van der Waals surface area contributed by atoms with Gasteiger partial charge in [0.2, 0.25) is 0 Å². The van der Waals surface area contributed by atoms with E-state index in [2.05, 4.69) is 11.3 Å². The fraction of sp³-hybridized carbons (Fsp3) is 0.571. The summed E-state index contributed by atoms with van der Waals surface area (Å²) in [5.41, 5.74) is 0.270. The van der Waals surface area contributed by atoms with Gasteiger partial charge in [-0.2, -0.15) is 0 Å². The second-order valence-electron chi connectivity index (χ2n) is 2.29. The molecule has 0 spiro atoms. The molecule has 0 radical (unpaired) electrons. The summed E-state index contributed by atoms with van der Waals surface area (Å²) in [4.78, 5) is 10.8. The summed E-state index contributed by atoms with van der Waals surface area (Å²) < 4.78 is 9.31. The van der Waals surface area contributed by atoms with Crippen molar-refractivity contribution in [1.82, 2.24) is 0 Å². The quantitative estimate of drug-likeness (QED) is 0.341. The van der Waals surface area contributed by atoms with Gasteiger partial charge in [0.05, 0.1) is 19.3 Å². The molecule has 62 valence electrons. The molecule has 1 aliphatic heterocycles. The molecule has 1 saturated heterocycles. The van der Waals surface area contributed by atoms with Gasteiger partial charge < -0.3 is 14.6 Å². The maximum atomic E-state index is 10.8. The molecule has 1 heterocycles. The average Bonchev–Trinajstić information content (AvgIpc) is 2.80. The molecule has 2 atom stereocenters. The normalized spacial score (nSPS) is 27.8. The number of carbonyl (C=O) groups is 1. The first-order chi connectivity index (χ1) is 5.20. The van der Waals surface area contributed by atoms with E-state index in [-0.39, 0.29) is 24.4 Å². The van der Waals surface area contributed by atoms with Crippen LogP contribution in [-0.2, 0) is 14.3 Å². The van der Waals surface area contributed by atoms with Crippen molar-refractivity contribution >= 4 is 5.97 Å². The molecule has 0 aromatic heterocycles. The van der Waals surface area contributed by atoms with Crippen molar-refractivity contribution in [2.24, 2.45) is 0 Å². The number of esters is 1. The SMILES string of the molecule is C=C(C(=O)OC)C1OC1CO. The van der Waals surface area contributed by atoms with E-state index in [1.807, 2.05) is 0 Å². The predicted octanol–water partition coefficient (Wildman–Crippen LogP) is -0.525.